The van der Waals surface area contributed by atoms with Gasteiger partial charge in [-0.3, -0.25) is 0 Å². The van der Waals surface area contributed by atoms with Gasteiger partial charge in [-0.25, -0.2) is 0 Å². The fourth-order valence-electron chi connectivity index (χ4n) is 2.49. The zero-order valence-electron chi connectivity index (χ0n) is 13.9. The van der Waals surface area contributed by atoms with Crippen molar-refractivity contribution in [2.24, 2.45) is 0 Å². The van der Waals surface area contributed by atoms with Gasteiger partial charge in [0.05, 0.1) is 0 Å². The van der Waals surface area contributed by atoms with Crippen molar-refractivity contribution in [1.82, 2.24) is 20.6 Å². The maximum atomic E-state index is 12.3. The third kappa shape index (κ3) is 4.95. The molecule has 0 saturated heterocycles. The average Bonchev–Trinajstić information content (AvgIpc) is 3.08. The van der Waals surface area contributed by atoms with Crippen molar-refractivity contribution in [3.05, 3.63) is 65.5 Å². The molecule has 1 heterocycles. The molecule has 3 aromatic rings. The van der Waals surface area contributed by atoms with E-state index in [1.165, 1.54) is 18.2 Å². The predicted octanol–water partition coefficient (Wildman–Crippen LogP) is 3.33. The first kappa shape index (κ1) is 17.7. The van der Waals surface area contributed by atoms with Gasteiger partial charge in [-0.2, -0.15) is 5.21 Å². The Hall–Kier alpha value is -3.10. The lowest BCUT2D eigenvalue weighted by Crippen LogP contribution is -2.19. The van der Waals surface area contributed by atoms with Crippen molar-refractivity contribution in [2.75, 3.05) is 11.9 Å². The van der Waals surface area contributed by atoms with Crippen LogP contribution in [0.5, 0.6) is 5.75 Å². The van der Waals surface area contributed by atoms with Crippen molar-refractivity contribution in [1.29, 1.82) is 0 Å². The third-order valence-corrected chi connectivity index (χ3v) is 3.69. The largest absolute Gasteiger partial charge is 0.573 e. The highest BCUT2D eigenvalue weighted by atomic mass is 19.4. The van der Waals surface area contributed by atoms with Gasteiger partial charge in [-0.1, -0.05) is 35.5 Å². The number of benzene rings is 2. The van der Waals surface area contributed by atoms with Crippen LogP contribution < -0.4 is 9.64 Å². The predicted molar refractivity (Wildman–Crippen MR) is 88.7 cm³/mol. The Morgan fingerprint density at radius 2 is 1.81 bits per heavy atom. The van der Waals surface area contributed by atoms with Crippen molar-refractivity contribution in [2.45, 2.75) is 19.3 Å². The van der Waals surface area contributed by atoms with Crippen LogP contribution in [0.2, 0.25) is 0 Å². The number of rotatable bonds is 6. The number of aromatic amines is 1. The van der Waals surface area contributed by atoms with Crippen molar-refractivity contribution in [3.63, 3.8) is 0 Å². The molecule has 0 unspecified atom stereocenters. The Labute approximate surface area is 147 Å². The van der Waals surface area contributed by atoms with E-state index < -0.39 is 6.36 Å². The van der Waals surface area contributed by atoms with E-state index in [2.05, 4.69) is 25.4 Å². The van der Waals surface area contributed by atoms with E-state index in [0.717, 1.165) is 11.1 Å². The van der Waals surface area contributed by atoms with Crippen molar-refractivity contribution in [3.8, 4) is 5.75 Å². The van der Waals surface area contributed by atoms with E-state index in [4.69, 9.17) is 0 Å². The number of aromatic nitrogens is 4. The molecule has 0 radical (unpaired) electrons. The Morgan fingerprint density at radius 3 is 2.46 bits per heavy atom. The van der Waals surface area contributed by atoms with Crippen molar-refractivity contribution >= 4 is 5.69 Å². The van der Waals surface area contributed by atoms with E-state index in [1.54, 1.807) is 13.1 Å². The highest BCUT2D eigenvalue weighted by molar-refractivity contribution is 5.50. The summed E-state index contributed by atoms with van der Waals surface area (Å²) in [6, 6.07) is 13.7. The molecule has 0 aliphatic heterocycles. The molecule has 0 amide bonds. The second kappa shape index (κ2) is 7.42. The lowest BCUT2D eigenvalue weighted by molar-refractivity contribution is -0.274. The van der Waals surface area contributed by atoms with Crippen LogP contribution in [0.3, 0.4) is 0 Å². The number of anilines is 1. The summed E-state index contributed by atoms with van der Waals surface area (Å²) in [5, 5.41) is 13.7. The lowest BCUT2D eigenvalue weighted by atomic mass is 10.1. The maximum absolute atomic E-state index is 12.3. The molecular formula is C17H16F3N5O. The van der Waals surface area contributed by atoms with Gasteiger partial charge < -0.3 is 9.64 Å². The number of tetrazole rings is 1. The van der Waals surface area contributed by atoms with E-state index >= 15 is 0 Å². The van der Waals surface area contributed by atoms with Crippen LogP contribution in [0.25, 0.3) is 0 Å². The number of hydrogen-bond acceptors (Lipinski definition) is 5. The fourth-order valence-corrected chi connectivity index (χ4v) is 2.49. The minimum absolute atomic E-state index is 0.239. The van der Waals surface area contributed by atoms with E-state index in [-0.39, 0.29) is 5.75 Å². The molecule has 0 aliphatic carbocycles. The number of hydrogen-bond donors (Lipinski definition) is 1. The number of nitrogens with one attached hydrogen (secondary N) is 1. The number of ether oxygens (including phenoxy) is 1. The second-order valence-electron chi connectivity index (χ2n) is 5.72. The van der Waals surface area contributed by atoms with Gasteiger partial charge in [0.15, 0.2) is 5.82 Å². The molecule has 0 bridgehead atoms. The summed E-state index contributed by atoms with van der Waals surface area (Å²) in [4.78, 5) is 1.84. The van der Waals surface area contributed by atoms with Gasteiger partial charge in [0, 0.05) is 31.8 Å². The molecule has 2 aromatic carbocycles. The standard InChI is InChI=1S/C17H16F3N5O/c1-25(14-3-2-4-15(10-14)26-17(18,19)20)11-13-7-5-12(6-8-13)9-16-21-23-24-22-16/h2-8,10H,9,11H2,1H3,(H,21,22,23,24). The van der Waals surface area contributed by atoms with Gasteiger partial charge in [0.2, 0.25) is 0 Å². The summed E-state index contributed by atoms with van der Waals surface area (Å²) < 4.78 is 41.0. The SMILES string of the molecule is CN(Cc1ccc(Cc2nn[nH]n2)cc1)c1cccc(OC(F)(F)F)c1. The highest BCUT2D eigenvalue weighted by Crippen LogP contribution is 2.27. The smallest absolute Gasteiger partial charge is 0.406 e. The van der Waals surface area contributed by atoms with Crippen LogP contribution >= 0.6 is 0 Å². The first-order chi connectivity index (χ1) is 12.4. The summed E-state index contributed by atoms with van der Waals surface area (Å²) in [6.45, 7) is 0.540. The summed E-state index contributed by atoms with van der Waals surface area (Å²) >= 11 is 0. The van der Waals surface area contributed by atoms with Gasteiger partial charge in [-0.05, 0) is 23.3 Å². The van der Waals surface area contributed by atoms with Gasteiger partial charge in [0.25, 0.3) is 0 Å². The molecule has 0 spiro atoms. The Bertz CT molecular complexity index is 834. The quantitative estimate of drug-likeness (QED) is 0.728. The van der Waals surface area contributed by atoms with Crippen LogP contribution in [-0.4, -0.2) is 34.0 Å². The van der Waals surface area contributed by atoms with Crippen LogP contribution in [0.1, 0.15) is 17.0 Å². The van der Waals surface area contributed by atoms with Crippen LogP contribution in [0.15, 0.2) is 48.5 Å². The first-order valence-electron chi connectivity index (χ1n) is 7.76. The summed E-state index contributed by atoms with van der Waals surface area (Å²) in [7, 11) is 1.81. The zero-order valence-corrected chi connectivity index (χ0v) is 13.9. The van der Waals surface area contributed by atoms with Gasteiger partial charge in [-0.15, -0.1) is 23.4 Å². The van der Waals surface area contributed by atoms with Crippen molar-refractivity contribution < 1.29 is 17.9 Å². The summed E-state index contributed by atoms with van der Waals surface area (Å²) in [5.41, 5.74) is 2.69. The maximum Gasteiger partial charge on any atom is 0.573 e. The van der Waals surface area contributed by atoms with Crippen LogP contribution in [0.4, 0.5) is 18.9 Å². The molecule has 0 fully saturated rings. The lowest BCUT2D eigenvalue weighted by Gasteiger charge is -2.20. The fraction of sp³-hybridized carbons (Fsp3) is 0.235. The number of H-pyrrole nitrogens is 1. The Morgan fingerprint density at radius 1 is 1.08 bits per heavy atom. The normalized spacial score (nSPS) is 11.4. The summed E-state index contributed by atoms with van der Waals surface area (Å²) in [5.74, 6) is 0.369. The minimum Gasteiger partial charge on any atom is -0.406 e. The molecule has 0 saturated carbocycles. The first-order valence-corrected chi connectivity index (χ1v) is 7.76. The van der Waals surface area contributed by atoms with Gasteiger partial charge in [0.1, 0.15) is 5.75 Å². The molecule has 1 aromatic heterocycles. The van der Waals surface area contributed by atoms with E-state index in [0.29, 0.717) is 24.5 Å². The minimum atomic E-state index is -4.70. The topological polar surface area (TPSA) is 66.9 Å². The van der Waals surface area contributed by atoms with E-state index in [1.807, 2.05) is 29.2 Å². The monoisotopic (exact) mass is 363 g/mol. The molecule has 0 aliphatic rings. The van der Waals surface area contributed by atoms with Crippen LogP contribution in [0, 0.1) is 0 Å². The number of alkyl halides is 3. The van der Waals surface area contributed by atoms with E-state index in [9.17, 15) is 13.2 Å². The molecule has 26 heavy (non-hydrogen) atoms. The molecule has 6 nitrogen and oxygen atoms in total. The van der Waals surface area contributed by atoms with Gasteiger partial charge >= 0.3 is 6.36 Å². The Balaban J connectivity index is 1.64. The Kier molecular flexibility index (Phi) is 5.06. The summed E-state index contributed by atoms with van der Waals surface area (Å²) in [6.07, 6.45) is -4.13. The van der Waals surface area contributed by atoms with Crippen LogP contribution in [-0.2, 0) is 13.0 Å². The molecule has 9 heteroatoms. The molecular weight excluding hydrogens is 347 g/mol. The molecule has 1 N–H and O–H groups in total. The molecule has 136 valence electrons. The number of halogens is 3. The zero-order chi connectivity index (χ0) is 18.6. The average molecular weight is 363 g/mol. The molecule has 0 atom stereocenters. The second-order valence-corrected chi connectivity index (χ2v) is 5.72. The number of nitrogens with zero attached hydrogens (tertiary/aromatic N) is 4. The third-order valence-electron chi connectivity index (χ3n) is 3.69. The highest BCUT2D eigenvalue weighted by Gasteiger charge is 2.31. The molecule has 3 rings (SSSR count).